The van der Waals surface area contributed by atoms with Gasteiger partial charge in [-0.25, -0.2) is 4.79 Å². The number of carbonyl (C=O) groups is 1. The Labute approximate surface area is 106 Å². The fourth-order valence-electron chi connectivity index (χ4n) is 2.28. The first-order chi connectivity index (χ1) is 8.77. The maximum Gasteiger partial charge on any atom is 0.321 e. The monoisotopic (exact) mass is 247 g/mol. The molecule has 5 heteroatoms. The van der Waals surface area contributed by atoms with Crippen LogP contribution in [0.5, 0.6) is 0 Å². The van der Waals surface area contributed by atoms with Crippen LogP contribution in [0.25, 0.3) is 0 Å². The molecular formula is C13H17N3O2. The van der Waals surface area contributed by atoms with Crippen LogP contribution in [0.3, 0.4) is 0 Å². The highest BCUT2D eigenvalue weighted by Crippen LogP contribution is 2.47. The Hall–Kier alpha value is -1.62. The van der Waals surface area contributed by atoms with E-state index in [1.54, 1.807) is 12.4 Å². The number of amides is 2. The molecule has 96 valence electrons. The zero-order valence-corrected chi connectivity index (χ0v) is 10.3. The van der Waals surface area contributed by atoms with Crippen LogP contribution in [0, 0.1) is 5.41 Å². The molecule has 1 aromatic rings. The number of ether oxygens (including phenoxy) is 1. The van der Waals surface area contributed by atoms with Crippen molar-refractivity contribution in [1.29, 1.82) is 0 Å². The minimum Gasteiger partial charge on any atom is -0.379 e. The predicted octanol–water partition coefficient (Wildman–Crippen LogP) is 1.73. The van der Waals surface area contributed by atoms with E-state index < -0.39 is 0 Å². The van der Waals surface area contributed by atoms with Crippen LogP contribution in [-0.2, 0) is 4.74 Å². The fraction of sp³-hybridized carbons (Fsp3) is 0.538. The first-order valence-electron chi connectivity index (χ1n) is 6.31. The smallest absolute Gasteiger partial charge is 0.321 e. The third-order valence-corrected chi connectivity index (χ3v) is 3.60. The number of anilines is 1. The average molecular weight is 247 g/mol. The maximum absolute atomic E-state index is 12.2. The Morgan fingerprint density at radius 1 is 1.50 bits per heavy atom. The van der Waals surface area contributed by atoms with Crippen molar-refractivity contribution < 1.29 is 9.53 Å². The van der Waals surface area contributed by atoms with Crippen LogP contribution in [0.1, 0.15) is 12.8 Å². The van der Waals surface area contributed by atoms with Crippen molar-refractivity contribution in [3.63, 3.8) is 0 Å². The number of hydrogen-bond acceptors (Lipinski definition) is 3. The van der Waals surface area contributed by atoms with E-state index in [1.807, 2.05) is 17.0 Å². The van der Waals surface area contributed by atoms with Crippen LogP contribution in [0.15, 0.2) is 24.5 Å². The van der Waals surface area contributed by atoms with E-state index in [9.17, 15) is 4.79 Å². The highest BCUT2D eigenvalue weighted by Gasteiger charge is 2.46. The summed E-state index contributed by atoms with van der Waals surface area (Å²) < 4.78 is 5.57. The second-order valence-corrected chi connectivity index (χ2v) is 5.15. The topological polar surface area (TPSA) is 54.5 Å². The molecule has 1 aliphatic carbocycles. The molecule has 1 N–H and O–H groups in total. The number of nitrogens with one attached hydrogen (secondary N) is 1. The van der Waals surface area contributed by atoms with Gasteiger partial charge in [-0.2, -0.15) is 0 Å². The van der Waals surface area contributed by atoms with E-state index in [0.29, 0.717) is 13.2 Å². The van der Waals surface area contributed by atoms with Gasteiger partial charge in [-0.1, -0.05) is 0 Å². The van der Waals surface area contributed by atoms with Gasteiger partial charge in [-0.15, -0.1) is 0 Å². The highest BCUT2D eigenvalue weighted by atomic mass is 16.5. The molecule has 2 amide bonds. The minimum atomic E-state index is -0.0558. The van der Waals surface area contributed by atoms with Crippen molar-refractivity contribution in [3.05, 3.63) is 24.5 Å². The molecule has 2 fully saturated rings. The van der Waals surface area contributed by atoms with Crippen LogP contribution < -0.4 is 5.32 Å². The molecule has 2 heterocycles. The van der Waals surface area contributed by atoms with E-state index in [4.69, 9.17) is 4.74 Å². The van der Waals surface area contributed by atoms with Gasteiger partial charge >= 0.3 is 6.03 Å². The molecule has 0 radical (unpaired) electrons. The summed E-state index contributed by atoms with van der Waals surface area (Å²) in [7, 11) is 0. The summed E-state index contributed by atoms with van der Waals surface area (Å²) in [4.78, 5) is 18.0. The summed E-state index contributed by atoms with van der Waals surface area (Å²) in [5, 5.41) is 2.87. The van der Waals surface area contributed by atoms with Gasteiger partial charge in [0.15, 0.2) is 0 Å². The van der Waals surface area contributed by atoms with Gasteiger partial charge in [0.05, 0.1) is 25.1 Å². The summed E-state index contributed by atoms with van der Waals surface area (Å²) in [5.74, 6) is 0. The minimum absolute atomic E-state index is 0.0558. The number of nitrogens with zero attached hydrogens (tertiary/aromatic N) is 2. The largest absolute Gasteiger partial charge is 0.379 e. The van der Waals surface area contributed by atoms with Gasteiger partial charge in [-0.05, 0) is 25.0 Å². The van der Waals surface area contributed by atoms with Gasteiger partial charge < -0.3 is 15.0 Å². The van der Waals surface area contributed by atoms with Crippen LogP contribution in [-0.4, -0.2) is 42.2 Å². The molecule has 1 saturated heterocycles. The lowest BCUT2D eigenvalue weighted by Crippen LogP contribution is -2.39. The van der Waals surface area contributed by atoms with E-state index in [0.717, 1.165) is 18.8 Å². The molecule has 5 nitrogen and oxygen atoms in total. The van der Waals surface area contributed by atoms with Crippen LogP contribution in [0.4, 0.5) is 10.5 Å². The third kappa shape index (κ3) is 2.46. The van der Waals surface area contributed by atoms with Crippen LogP contribution in [0.2, 0.25) is 0 Å². The highest BCUT2D eigenvalue weighted by molar-refractivity contribution is 5.89. The number of carbonyl (C=O) groups excluding carboxylic acids is 1. The molecule has 3 rings (SSSR count). The van der Waals surface area contributed by atoms with Gasteiger partial charge in [0.1, 0.15) is 0 Å². The van der Waals surface area contributed by atoms with E-state index in [-0.39, 0.29) is 11.4 Å². The summed E-state index contributed by atoms with van der Waals surface area (Å²) in [6, 6.07) is 3.59. The first-order valence-corrected chi connectivity index (χ1v) is 6.31. The van der Waals surface area contributed by atoms with Crippen molar-refractivity contribution in [2.45, 2.75) is 12.8 Å². The zero-order valence-electron chi connectivity index (χ0n) is 10.3. The quantitative estimate of drug-likeness (QED) is 0.822. The Balaban J connectivity index is 1.64. The number of hydrogen-bond donors (Lipinski definition) is 1. The van der Waals surface area contributed by atoms with E-state index >= 15 is 0 Å². The fourth-order valence-corrected chi connectivity index (χ4v) is 2.28. The second kappa shape index (κ2) is 4.57. The SMILES string of the molecule is O=C(Nc1cccnc1)N1CCOCC2(CC2)C1. The second-order valence-electron chi connectivity index (χ2n) is 5.15. The van der Waals surface area contributed by atoms with Crippen molar-refractivity contribution >= 4 is 11.7 Å². The van der Waals surface area contributed by atoms with E-state index in [2.05, 4.69) is 10.3 Å². The number of pyridine rings is 1. The Kier molecular flexibility index (Phi) is 2.91. The number of urea groups is 1. The number of aromatic nitrogens is 1. The summed E-state index contributed by atoms with van der Waals surface area (Å²) in [6.45, 7) is 2.89. The lowest BCUT2D eigenvalue weighted by atomic mass is 10.1. The Morgan fingerprint density at radius 3 is 3.11 bits per heavy atom. The van der Waals surface area contributed by atoms with Crippen molar-refractivity contribution in [2.75, 3.05) is 31.6 Å². The molecule has 0 bridgehead atoms. The zero-order chi connectivity index (χ0) is 12.4. The van der Waals surface area contributed by atoms with Crippen LogP contribution >= 0.6 is 0 Å². The van der Waals surface area contributed by atoms with Gasteiger partial charge in [0.2, 0.25) is 0 Å². The Bertz CT molecular complexity index is 431. The standard InChI is InChI=1S/C13H17N3O2/c17-12(15-11-2-1-5-14-8-11)16-6-7-18-10-13(9-16)3-4-13/h1-2,5,8H,3-4,6-7,9-10H2,(H,15,17). The van der Waals surface area contributed by atoms with E-state index in [1.165, 1.54) is 12.8 Å². The van der Waals surface area contributed by atoms with Crippen molar-refractivity contribution in [2.24, 2.45) is 5.41 Å². The molecular weight excluding hydrogens is 230 g/mol. The van der Waals surface area contributed by atoms with Gasteiger partial charge in [-0.3, -0.25) is 4.98 Å². The normalized spacial score (nSPS) is 21.4. The predicted molar refractivity (Wildman–Crippen MR) is 67.3 cm³/mol. The lowest BCUT2D eigenvalue weighted by molar-refractivity contribution is 0.115. The molecule has 1 aromatic heterocycles. The summed E-state index contributed by atoms with van der Waals surface area (Å²) >= 11 is 0. The molecule has 1 spiro atoms. The van der Waals surface area contributed by atoms with Crippen molar-refractivity contribution in [1.82, 2.24) is 9.88 Å². The lowest BCUT2D eigenvalue weighted by Gasteiger charge is -2.23. The molecule has 0 unspecified atom stereocenters. The molecule has 2 aliphatic rings. The van der Waals surface area contributed by atoms with Crippen molar-refractivity contribution in [3.8, 4) is 0 Å². The maximum atomic E-state index is 12.2. The third-order valence-electron chi connectivity index (χ3n) is 3.60. The molecule has 0 atom stereocenters. The van der Waals surface area contributed by atoms with Gasteiger partial charge in [0, 0.05) is 24.7 Å². The molecule has 1 saturated carbocycles. The molecule has 1 aliphatic heterocycles. The summed E-state index contributed by atoms with van der Waals surface area (Å²) in [5.41, 5.74) is 0.973. The molecule has 0 aromatic carbocycles. The summed E-state index contributed by atoms with van der Waals surface area (Å²) in [6.07, 6.45) is 5.68. The molecule has 18 heavy (non-hydrogen) atoms. The Morgan fingerprint density at radius 2 is 2.39 bits per heavy atom. The average Bonchev–Trinajstić information content (AvgIpc) is 3.18. The number of rotatable bonds is 1. The first kappa shape index (κ1) is 11.5. The van der Waals surface area contributed by atoms with Gasteiger partial charge in [0.25, 0.3) is 0 Å².